The van der Waals surface area contributed by atoms with Gasteiger partial charge in [-0.05, 0) is 27.2 Å². The minimum Gasteiger partial charge on any atom is -0.420 e. The Hall–Kier alpha value is -1.91. The fourth-order valence-corrected chi connectivity index (χ4v) is 4.07. The van der Waals surface area contributed by atoms with E-state index in [9.17, 15) is 14.4 Å². The Balaban J connectivity index is 2.19. The van der Waals surface area contributed by atoms with E-state index >= 15 is 0 Å². The maximum atomic E-state index is 12.2. The number of carbonyl (C=O) groups excluding carboxylic acids is 2. The molecule has 0 fully saturated rings. The number of carbonyl (C=O) groups is 2. The molecule has 1 aromatic rings. The topological polar surface area (TPSA) is 65.4 Å². The Morgan fingerprint density at radius 3 is 1.68 bits per heavy atom. The number of rotatable bonds is 19. The molecule has 194 valence electrons. The Bertz CT molecular complexity index is 760. The summed E-state index contributed by atoms with van der Waals surface area (Å²) in [6.07, 6.45) is 23.2. The van der Waals surface area contributed by atoms with E-state index < -0.39 is 16.8 Å². The molecule has 0 amide bonds. The predicted molar refractivity (Wildman–Crippen MR) is 141 cm³/mol. The van der Waals surface area contributed by atoms with Crippen LogP contribution in [0.1, 0.15) is 141 Å². The third kappa shape index (κ3) is 12.5. The minimum absolute atomic E-state index is 0.144. The maximum absolute atomic E-state index is 12.2. The fraction of sp³-hybridized carbons (Fsp3) is 0.759. The molecule has 0 spiro atoms. The second-order valence-electron chi connectivity index (χ2n) is 10.6. The van der Waals surface area contributed by atoms with Gasteiger partial charge in [0.2, 0.25) is 11.2 Å². The zero-order valence-corrected chi connectivity index (χ0v) is 22.3. The molecule has 0 saturated heterocycles. The first-order valence-corrected chi connectivity index (χ1v) is 13.7. The van der Waals surface area contributed by atoms with Crippen LogP contribution < -0.4 is 10.2 Å². The van der Waals surface area contributed by atoms with Crippen LogP contribution in [0.4, 0.5) is 0 Å². The van der Waals surface area contributed by atoms with E-state index in [0.29, 0.717) is 12.8 Å². The van der Waals surface area contributed by atoms with Gasteiger partial charge >= 0.3 is 5.97 Å². The molecule has 5 heteroatoms. The fourth-order valence-electron chi connectivity index (χ4n) is 4.07. The van der Waals surface area contributed by atoms with Crippen LogP contribution in [0.2, 0.25) is 0 Å². The third-order valence-corrected chi connectivity index (χ3v) is 6.34. The average molecular weight is 476 g/mol. The maximum Gasteiger partial charge on any atom is 0.316 e. The van der Waals surface area contributed by atoms with E-state index in [1.54, 1.807) is 31.5 Å². The second kappa shape index (κ2) is 17.5. The van der Waals surface area contributed by atoms with Crippen molar-refractivity contribution >= 4 is 12.3 Å². The van der Waals surface area contributed by atoms with E-state index in [2.05, 4.69) is 6.92 Å². The zero-order valence-electron chi connectivity index (χ0n) is 22.3. The summed E-state index contributed by atoms with van der Waals surface area (Å²) in [5.74, 6) is -0.679. The molecule has 0 aliphatic rings. The van der Waals surface area contributed by atoms with Crippen LogP contribution in [0.25, 0.3) is 0 Å². The lowest BCUT2D eigenvalue weighted by Gasteiger charge is -2.18. The smallest absolute Gasteiger partial charge is 0.316 e. The van der Waals surface area contributed by atoms with Gasteiger partial charge in [-0.2, -0.15) is 0 Å². The van der Waals surface area contributed by atoms with E-state index in [1.807, 2.05) is 0 Å². The molecule has 0 N–H and O–H groups in total. The highest BCUT2D eigenvalue weighted by molar-refractivity contribution is 5.82. The SMILES string of the molecule is CCCCCCCCCCCCCCCCCCn1ccc(=O)c(OC(=O)C(C)(C)C)c1C=O. The Morgan fingerprint density at radius 1 is 0.824 bits per heavy atom. The summed E-state index contributed by atoms with van der Waals surface area (Å²) in [6, 6.07) is 1.37. The first-order chi connectivity index (χ1) is 16.3. The Kier molecular flexibility index (Phi) is 15.5. The average Bonchev–Trinajstić information content (AvgIpc) is 2.80. The molecule has 0 atom stereocenters. The number of aldehydes is 1. The third-order valence-electron chi connectivity index (χ3n) is 6.34. The van der Waals surface area contributed by atoms with E-state index in [0.717, 1.165) is 12.8 Å². The van der Waals surface area contributed by atoms with Crippen molar-refractivity contribution in [2.24, 2.45) is 5.41 Å². The van der Waals surface area contributed by atoms with E-state index in [-0.39, 0.29) is 11.4 Å². The minimum atomic E-state index is -0.749. The highest BCUT2D eigenvalue weighted by Gasteiger charge is 2.26. The molecular formula is C29H49NO4. The van der Waals surface area contributed by atoms with Crippen molar-refractivity contribution in [3.63, 3.8) is 0 Å². The monoisotopic (exact) mass is 475 g/mol. The molecule has 0 saturated carbocycles. The van der Waals surface area contributed by atoms with Gasteiger partial charge in [0.05, 0.1) is 5.41 Å². The van der Waals surface area contributed by atoms with Crippen molar-refractivity contribution in [3.05, 3.63) is 28.2 Å². The lowest BCUT2D eigenvalue weighted by atomic mass is 9.97. The molecule has 0 aliphatic heterocycles. The molecule has 0 unspecified atom stereocenters. The van der Waals surface area contributed by atoms with Crippen LogP contribution in [0.5, 0.6) is 5.75 Å². The number of aryl methyl sites for hydroxylation is 1. The largest absolute Gasteiger partial charge is 0.420 e. The number of hydrogen-bond acceptors (Lipinski definition) is 4. The van der Waals surface area contributed by atoms with Gasteiger partial charge in [0.1, 0.15) is 5.69 Å². The Morgan fingerprint density at radius 2 is 1.26 bits per heavy atom. The normalized spacial score (nSPS) is 11.5. The summed E-state index contributed by atoms with van der Waals surface area (Å²) in [5, 5.41) is 0. The van der Waals surface area contributed by atoms with Crippen molar-refractivity contribution < 1.29 is 14.3 Å². The number of pyridine rings is 1. The van der Waals surface area contributed by atoms with Crippen LogP contribution in [0.3, 0.4) is 0 Å². The molecule has 1 rings (SSSR count). The van der Waals surface area contributed by atoms with Crippen LogP contribution in [0.15, 0.2) is 17.1 Å². The van der Waals surface area contributed by atoms with Crippen molar-refractivity contribution in [1.82, 2.24) is 4.57 Å². The lowest BCUT2D eigenvalue weighted by molar-refractivity contribution is -0.143. The number of ether oxygens (including phenoxy) is 1. The number of hydrogen-bond donors (Lipinski definition) is 0. The number of aromatic nitrogens is 1. The molecule has 5 nitrogen and oxygen atoms in total. The van der Waals surface area contributed by atoms with Crippen molar-refractivity contribution in [2.75, 3.05) is 0 Å². The zero-order chi connectivity index (χ0) is 25.2. The standard InChI is InChI=1S/C29H49NO4/c1-5-6-7-8-9-10-11-12-13-14-15-16-17-18-19-20-22-30-23-21-26(32)27(25(30)24-31)34-28(33)29(2,3)4/h21,23-24H,5-20,22H2,1-4H3. The van der Waals surface area contributed by atoms with E-state index in [1.165, 1.54) is 96.0 Å². The highest BCUT2D eigenvalue weighted by atomic mass is 16.5. The second-order valence-corrected chi connectivity index (χ2v) is 10.6. The first-order valence-electron chi connectivity index (χ1n) is 13.7. The summed E-state index contributed by atoms with van der Waals surface area (Å²) in [5.41, 5.74) is -1.05. The van der Waals surface area contributed by atoms with Crippen molar-refractivity contribution in [3.8, 4) is 5.75 Å². The molecule has 0 aromatic carbocycles. The van der Waals surface area contributed by atoms with Crippen LogP contribution in [-0.2, 0) is 11.3 Å². The van der Waals surface area contributed by atoms with Crippen molar-refractivity contribution in [1.29, 1.82) is 0 Å². The van der Waals surface area contributed by atoms with Gasteiger partial charge < -0.3 is 9.30 Å². The number of unbranched alkanes of at least 4 members (excludes halogenated alkanes) is 15. The highest BCUT2D eigenvalue weighted by Crippen LogP contribution is 2.20. The van der Waals surface area contributed by atoms with Crippen LogP contribution >= 0.6 is 0 Å². The summed E-state index contributed by atoms with van der Waals surface area (Å²) >= 11 is 0. The van der Waals surface area contributed by atoms with Gasteiger partial charge in [0.15, 0.2) is 6.29 Å². The molecule has 1 heterocycles. The summed E-state index contributed by atoms with van der Waals surface area (Å²) in [4.78, 5) is 36.0. The molecule has 0 bridgehead atoms. The summed E-state index contributed by atoms with van der Waals surface area (Å²) in [7, 11) is 0. The molecule has 1 aromatic heterocycles. The predicted octanol–water partition coefficient (Wildman–Crippen LogP) is 7.87. The van der Waals surface area contributed by atoms with Crippen LogP contribution in [-0.4, -0.2) is 16.8 Å². The quantitative estimate of drug-likeness (QED) is 0.116. The summed E-state index contributed by atoms with van der Waals surface area (Å²) in [6.45, 7) is 8.05. The first kappa shape index (κ1) is 30.1. The lowest BCUT2D eigenvalue weighted by Crippen LogP contribution is -2.29. The van der Waals surface area contributed by atoms with Gasteiger partial charge in [0.25, 0.3) is 0 Å². The van der Waals surface area contributed by atoms with Crippen molar-refractivity contribution in [2.45, 2.75) is 137 Å². The van der Waals surface area contributed by atoms with Gasteiger partial charge in [-0.15, -0.1) is 0 Å². The Labute approximate surface area is 207 Å². The number of esters is 1. The molecule has 34 heavy (non-hydrogen) atoms. The van der Waals surface area contributed by atoms with Gasteiger partial charge in [-0.25, -0.2) is 0 Å². The van der Waals surface area contributed by atoms with Gasteiger partial charge in [0, 0.05) is 18.8 Å². The molecular weight excluding hydrogens is 426 g/mol. The van der Waals surface area contributed by atoms with Gasteiger partial charge in [-0.1, -0.05) is 103 Å². The van der Waals surface area contributed by atoms with E-state index in [4.69, 9.17) is 4.74 Å². The van der Waals surface area contributed by atoms with Crippen LogP contribution in [0, 0.1) is 5.41 Å². The molecule has 0 radical (unpaired) electrons. The molecule has 0 aliphatic carbocycles. The number of nitrogens with zero attached hydrogens (tertiary/aromatic N) is 1. The van der Waals surface area contributed by atoms with Gasteiger partial charge in [-0.3, -0.25) is 14.4 Å². The summed E-state index contributed by atoms with van der Waals surface area (Å²) < 4.78 is 7.03.